The molecule has 21 heavy (non-hydrogen) atoms. The molecule has 0 aliphatic heterocycles. The largest absolute Gasteiger partial charge is 0.315 e. The molecule has 0 aromatic heterocycles. The van der Waals surface area contributed by atoms with Crippen molar-refractivity contribution in [1.29, 1.82) is 0 Å². The summed E-state index contributed by atoms with van der Waals surface area (Å²) in [6.45, 7) is 2.30. The third-order valence-electron chi connectivity index (χ3n) is 5.70. The SMILES string of the molecule is CCCCCCCCC(NC)C1(N(C)C)CCCCCC1. The van der Waals surface area contributed by atoms with Crippen molar-refractivity contribution in [3.05, 3.63) is 0 Å². The highest BCUT2D eigenvalue weighted by Gasteiger charge is 2.39. The summed E-state index contributed by atoms with van der Waals surface area (Å²) < 4.78 is 0. The molecule has 1 aliphatic rings. The summed E-state index contributed by atoms with van der Waals surface area (Å²) in [6, 6.07) is 0.664. The van der Waals surface area contributed by atoms with E-state index in [2.05, 4.69) is 38.3 Å². The Morgan fingerprint density at radius 3 is 2.00 bits per heavy atom. The molecule has 0 heterocycles. The van der Waals surface area contributed by atoms with Gasteiger partial charge in [0.25, 0.3) is 0 Å². The first-order valence-corrected chi connectivity index (χ1v) is 9.52. The summed E-state index contributed by atoms with van der Waals surface area (Å²) in [5.41, 5.74) is 0.397. The third-order valence-corrected chi connectivity index (χ3v) is 5.70. The van der Waals surface area contributed by atoms with E-state index in [1.54, 1.807) is 0 Å². The van der Waals surface area contributed by atoms with Crippen LogP contribution in [0.1, 0.15) is 90.4 Å². The molecule has 0 spiro atoms. The van der Waals surface area contributed by atoms with Gasteiger partial charge >= 0.3 is 0 Å². The minimum Gasteiger partial charge on any atom is -0.315 e. The summed E-state index contributed by atoms with van der Waals surface area (Å²) in [5, 5.41) is 3.68. The summed E-state index contributed by atoms with van der Waals surface area (Å²) in [5.74, 6) is 0. The van der Waals surface area contributed by atoms with Gasteiger partial charge in [0.05, 0.1) is 0 Å². The highest BCUT2D eigenvalue weighted by Crippen LogP contribution is 2.35. The first kappa shape index (κ1) is 19.0. The van der Waals surface area contributed by atoms with Gasteiger partial charge in [-0.15, -0.1) is 0 Å². The second-order valence-corrected chi connectivity index (χ2v) is 7.31. The van der Waals surface area contributed by atoms with Crippen LogP contribution < -0.4 is 5.32 Å². The average molecular weight is 297 g/mol. The van der Waals surface area contributed by atoms with Crippen molar-refractivity contribution in [2.24, 2.45) is 0 Å². The van der Waals surface area contributed by atoms with Gasteiger partial charge in [0.1, 0.15) is 0 Å². The van der Waals surface area contributed by atoms with E-state index in [0.717, 1.165) is 0 Å². The smallest absolute Gasteiger partial charge is 0.0356 e. The maximum absolute atomic E-state index is 3.68. The number of nitrogens with zero attached hydrogens (tertiary/aromatic N) is 1. The quantitative estimate of drug-likeness (QED) is 0.452. The molecule has 1 fully saturated rings. The van der Waals surface area contributed by atoms with Crippen LogP contribution in [0.4, 0.5) is 0 Å². The van der Waals surface area contributed by atoms with Gasteiger partial charge in [0.2, 0.25) is 0 Å². The Labute approximate surface area is 134 Å². The first-order valence-electron chi connectivity index (χ1n) is 9.52. The molecule has 1 atom stereocenters. The molecule has 1 rings (SSSR count). The summed E-state index contributed by atoms with van der Waals surface area (Å²) in [6.07, 6.45) is 18.2. The summed E-state index contributed by atoms with van der Waals surface area (Å²) in [7, 11) is 6.78. The number of likely N-dealkylation sites (N-methyl/N-ethyl adjacent to an activating group) is 2. The molecule has 126 valence electrons. The van der Waals surface area contributed by atoms with Crippen molar-refractivity contribution in [2.45, 2.75) is 102 Å². The number of hydrogen-bond donors (Lipinski definition) is 1. The predicted octanol–water partition coefficient (Wildman–Crippen LogP) is 4.98. The molecule has 2 nitrogen and oxygen atoms in total. The minimum atomic E-state index is 0.397. The van der Waals surface area contributed by atoms with Crippen molar-refractivity contribution < 1.29 is 0 Å². The number of rotatable bonds is 10. The maximum Gasteiger partial charge on any atom is 0.0356 e. The standard InChI is InChI=1S/C19H40N2/c1-5-6-7-8-9-12-15-18(20-2)19(21(3)4)16-13-10-11-14-17-19/h18,20H,5-17H2,1-4H3. The van der Waals surface area contributed by atoms with Crippen LogP contribution in [0.5, 0.6) is 0 Å². The van der Waals surface area contributed by atoms with Crippen LogP contribution >= 0.6 is 0 Å². The zero-order valence-corrected chi connectivity index (χ0v) is 15.2. The van der Waals surface area contributed by atoms with Gasteiger partial charge in [-0.3, -0.25) is 0 Å². The van der Waals surface area contributed by atoms with Crippen LogP contribution in [0, 0.1) is 0 Å². The molecule has 2 heteroatoms. The van der Waals surface area contributed by atoms with Crippen molar-refractivity contribution >= 4 is 0 Å². The van der Waals surface area contributed by atoms with Crippen molar-refractivity contribution in [3.8, 4) is 0 Å². The van der Waals surface area contributed by atoms with Crippen molar-refractivity contribution in [3.63, 3.8) is 0 Å². The van der Waals surface area contributed by atoms with Gasteiger partial charge in [-0.05, 0) is 40.4 Å². The molecule has 1 N–H and O–H groups in total. The second kappa shape index (κ2) is 10.6. The predicted molar refractivity (Wildman–Crippen MR) is 95.0 cm³/mol. The zero-order valence-electron chi connectivity index (χ0n) is 15.2. The Morgan fingerprint density at radius 1 is 0.905 bits per heavy atom. The Balaban J connectivity index is 2.49. The van der Waals surface area contributed by atoms with Gasteiger partial charge in [0, 0.05) is 11.6 Å². The van der Waals surface area contributed by atoms with Crippen LogP contribution in [0.2, 0.25) is 0 Å². The molecular formula is C19H40N2. The lowest BCUT2D eigenvalue weighted by molar-refractivity contribution is 0.0784. The van der Waals surface area contributed by atoms with Crippen LogP contribution in [-0.2, 0) is 0 Å². The minimum absolute atomic E-state index is 0.397. The van der Waals surface area contributed by atoms with E-state index in [1.165, 1.54) is 83.5 Å². The van der Waals surface area contributed by atoms with Crippen molar-refractivity contribution in [2.75, 3.05) is 21.1 Å². The van der Waals surface area contributed by atoms with E-state index in [0.29, 0.717) is 11.6 Å². The fourth-order valence-corrected chi connectivity index (χ4v) is 4.26. The number of nitrogens with one attached hydrogen (secondary N) is 1. The van der Waals surface area contributed by atoms with E-state index in [-0.39, 0.29) is 0 Å². The van der Waals surface area contributed by atoms with E-state index in [9.17, 15) is 0 Å². The van der Waals surface area contributed by atoms with Crippen LogP contribution in [0.15, 0.2) is 0 Å². The lowest BCUT2D eigenvalue weighted by atomic mass is 9.79. The second-order valence-electron chi connectivity index (χ2n) is 7.31. The molecule has 1 unspecified atom stereocenters. The monoisotopic (exact) mass is 296 g/mol. The average Bonchev–Trinajstić information content (AvgIpc) is 2.73. The molecule has 1 aliphatic carbocycles. The van der Waals surface area contributed by atoms with Crippen LogP contribution in [0.25, 0.3) is 0 Å². The van der Waals surface area contributed by atoms with E-state index in [4.69, 9.17) is 0 Å². The molecule has 0 radical (unpaired) electrons. The topological polar surface area (TPSA) is 15.3 Å². The molecule has 1 saturated carbocycles. The van der Waals surface area contributed by atoms with Crippen molar-refractivity contribution in [1.82, 2.24) is 10.2 Å². The highest BCUT2D eigenvalue weighted by molar-refractivity contribution is 4.99. The molecule has 0 amide bonds. The maximum atomic E-state index is 3.68. The van der Waals surface area contributed by atoms with E-state index >= 15 is 0 Å². The Kier molecular flexibility index (Phi) is 9.59. The van der Waals surface area contributed by atoms with Gasteiger partial charge in [-0.2, -0.15) is 0 Å². The Hall–Kier alpha value is -0.0800. The van der Waals surface area contributed by atoms with Gasteiger partial charge in [0.15, 0.2) is 0 Å². The van der Waals surface area contributed by atoms with Crippen LogP contribution in [0.3, 0.4) is 0 Å². The summed E-state index contributed by atoms with van der Waals surface area (Å²) in [4.78, 5) is 2.54. The van der Waals surface area contributed by atoms with E-state index < -0.39 is 0 Å². The van der Waals surface area contributed by atoms with Gasteiger partial charge in [-0.25, -0.2) is 0 Å². The lowest BCUT2D eigenvalue weighted by Crippen LogP contribution is -2.58. The number of hydrogen-bond acceptors (Lipinski definition) is 2. The summed E-state index contributed by atoms with van der Waals surface area (Å²) >= 11 is 0. The molecule has 0 saturated heterocycles. The Morgan fingerprint density at radius 2 is 1.48 bits per heavy atom. The van der Waals surface area contributed by atoms with Gasteiger partial charge < -0.3 is 10.2 Å². The Bertz CT molecular complexity index is 242. The first-order chi connectivity index (χ1) is 10.2. The molecule has 0 bridgehead atoms. The van der Waals surface area contributed by atoms with Gasteiger partial charge in [-0.1, -0.05) is 71.1 Å². The fraction of sp³-hybridized carbons (Fsp3) is 1.00. The number of unbranched alkanes of at least 4 members (excludes halogenated alkanes) is 5. The third kappa shape index (κ3) is 5.90. The highest BCUT2D eigenvalue weighted by atomic mass is 15.2. The lowest BCUT2D eigenvalue weighted by Gasteiger charge is -2.46. The molecule has 0 aromatic rings. The van der Waals surface area contributed by atoms with Crippen LogP contribution in [-0.4, -0.2) is 37.6 Å². The normalized spacial score (nSPS) is 20.4. The fourth-order valence-electron chi connectivity index (χ4n) is 4.26. The zero-order chi connectivity index (χ0) is 15.6. The molecule has 0 aromatic carbocycles. The molecular weight excluding hydrogens is 256 g/mol. The van der Waals surface area contributed by atoms with E-state index in [1.807, 2.05) is 0 Å².